The van der Waals surface area contributed by atoms with Gasteiger partial charge in [0.2, 0.25) is 5.91 Å². The predicted molar refractivity (Wildman–Crippen MR) is 108 cm³/mol. The van der Waals surface area contributed by atoms with Crippen molar-refractivity contribution in [2.45, 2.75) is 25.3 Å². The van der Waals surface area contributed by atoms with E-state index < -0.39 is 0 Å². The molecule has 1 aromatic heterocycles. The molecule has 142 valence electrons. The van der Waals surface area contributed by atoms with Crippen LogP contribution in [0, 0.1) is 0 Å². The fraction of sp³-hybridized carbons (Fsp3) is 0.455. The molecule has 1 amide bonds. The van der Waals surface area contributed by atoms with E-state index >= 15 is 0 Å². The fourth-order valence-corrected chi connectivity index (χ4v) is 4.34. The Hall–Kier alpha value is -2.40. The van der Waals surface area contributed by atoms with Crippen molar-refractivity contribution >= 4 is 11.7 Å². The molecule has 2 aromatic rings. The zero-order valence-electron chi connectivity index (χ0n) is 16.1. The molecule has 2 aliphatic rings. The van der Waals surface area contributed by atoms with Gasteiger partial charge in [0.15, 0.2) is 0 Å². The molecule has 1 fully saturated rings. The minimum absolute atomic E-state index is 0.237. The lowest BCUT2D eigenvalue weighted by Gasteiger charge is -2.38. The third kappa shape index (κ3) is 3.98. The molecule has 0 bridgehead atoms. The lowest BCUT2D eigenvalue weighted by Crippen LogP contribution is -2.51. The first-order valence-electron chi connectivity index (χ1n) is 9.94. The Balaban J connectivity index is 1.34. The molecule has 4 rings (SSSR count). The van der Waals surface area contributed by atoms with Crippen molar-refractivity contribution in [3.8, 4) is 0 Å². The third-order valence-electron chi connectivity index (χ3n) is 5.86. The molecule has 1 aliphatic heterocycles. The number of piperazine rings is 1. The van der Waals surface area contributed by atoms with Crippen LogP contribution in [0.4, 0.5) is 5.82 Å². The van der Waals surface area contributed by atoms with Crippen LogP contribution in [0.1, 0.15) is 30.0 Å². The summed E-state index contributed by atoms with van der Waals surface area (Å²) in [5, 5.41) is 0. The van der Waals surface area contributed by atoms with Crippen molar-refractivity contribution in [2.24, 2.45) is 0 Å². The van der Waals surface area contributed by atoms with Crippen LogP contribution in [0.3, 0.4) is 0 Å². The molecule has 5 nitrogen and oxygen atoms in total. The number of nitrogens with zero attached hydrogens (tertiary/aromatic N) is 4. The maximum atomic E-state index is 12.9. The molecule has 1 atom stereocenters. The number of carbonyl (C=O) groups is 1. The highest BCUT2D eigenvalue weighted by atomic mass is 16.2. The molecule has 0 spiro atoms. The smallest absolute Gasteiger partial charge is 0.236 e. The van der Waals surface area contributed by atoms with Crippen LogP contribution < -0.4 is 4.90 Å². The number of likely N-dealkylation sites (N-methyl/N-ethyl adjacent to an activating group) is 1. The van der Waals surface area contributed by atoms with Gasteiger partial charge in [-0.1, -0.05) is 30.3 Å². The number of fused-ring (bicyclic) bond motifs is 1. The number of amides is 1. The van der Waals surface area contributed by atoms with E-state index in [0.717, 1.165) is 44.8 Å². The second kappa shape index (κ2) is 8.09. The Morgan fingerprint density at radius 1 is 1.11 bits per heavy atom. The zero-order chi connectivity index (χ0) is 18.6. The van der Waals surface area contributed by atoms with Crippen LogP contribution in [0.2, 0.25) is 0 Å². The van der Waals surface area contributed by atoms with E-state index in [9.17, 15) is 4.79 Å². The second-order valence-corrected chi connectivity index (χ2v) is 7.58. The Morgan fingerprint density at radius 3 is 2.67 bits per heavy atom. The first-order valence-corrected chi connectivity index (χ1v) is 9.94. The number of carbonyl (C=O) groups excluding carboxylic acids is 1. The fourth-order valence-electron chi connectivity index (χ4n) is 4.34. The van der Waals surface area contributed by atoms with E-state index in [-0.39, 0.29) is 5.91 Å². The van der Waals surface area contributed by atoms with Gasteiger partial charge in [0.25, 0.3) is 0 Å². The van der Waals surface area contributed by atoms with E-state index in [1.54, 1.807) is 0 Å². The molecule has 27 heavy (non-hydrogen) atoms. The van der Waals surface area contributed by atoms with Gasteiger partial charge in [-0.3, -0.25) is 9.69 Å². The second-order valence-electron chi connectivity index (χ2n) is 7.58. The SMILES string of the molecule is CN(CC(=O)N1CCN(c2ccccn2)CC1)[C@H]1CCCc2ccccc21. The number of benzene rings is 1. The van der Waals surface area contributed by atoms with Gasteiger partial charge in [-0.25, -0.2) is 4.98 Å². The zero-order valence-corrected chi connectivity index (χ0v) is 16.1. The number of anilines is 1. The Morgan fingerprint density at radius 2 is 1.89 bits per heavy atom. The van der Waals surface area contributed by atoms with E-state index in [2.05, 4.69) is 46.1 Å². The van der Waals surface area contributed by atoms with Gasteiger partial charge < -0.3 is 9.80 Å². The normalized spacial score (nSPS) is 19.9. The third-order valence-corrected chi connectivity index (χ3v) is 5.86. The molecular weight excluding hydrogens is 336 g/mol. The molecule has 1 aliphatic carbocycles. The largest absolute Gasteiger partial charge is 0.353 e. The van der Waals surface area contributed by atoms with Crippen molar-refractivity contribution in [1.29, 1.82) is 0 Å². The Bertz CT molecular complexity index is 771. The average Bonchev–Trinajstić information content (AvgIpc) is 2.74. The van der Waals surface area contributed by atoms with Crippen molar-refractivity contribution in [1.82, 2.24) is 14.8 Å². The summed E-state index contributed by atoms with van der Waals surface area (Å²) in [6.07, 6.45) is 5.31. The summed E-state index contributed by atoms with van der Waals surface area (Å²) in [7, 11) is 2.09. The highest BCUT2D eigenvalue weighted by Crippen LogP contribution is 2.33. The van der Waals surface area contributed by atoms with Crippen LogP contribution >= 0.6 is 0 Å². The summed E-state index contributed by atoms with van der Waals surface area (Å²) in [5.74, 6) is 1.24. The molecule has 1 saturated heterocycles. The molecule has 1 aromatic carbocycles. The van der Waals surface area contributed by atoms with Gasteiger partial charge in [0.1, 0.15) is 5.82 Å². The number of hydrogen-bond acceptors (Lipinski definition) is 4. The van der Waals surface area contributed by atoms with Crippen LogP contribution in [0.5, 0.6) is 0 Å². The van der Waals surface area contributed by atoms with Crippen LogP contribution in [0.25, 0.3) is 0 Å². The van der Waals surface area contributed by atoms with Gasteiger partial charge in [0.05, 0.1) is 6.54 Å². The summed E-state index contributed by atoms with van der Waals surface area (Å²) in [6.45, 7) is 3.72. The summed E-state index contributed by atoms with van der Waals surface area (Å²) in [6, 6.07) is 15.0. The van der Waals surface area contributed by atoms with E-state index in [1.165, 1.54) is 17.5 Å². The summed E-state index contributed by atoms with van der Waals surface area (Å²) >= 11 is 0. The average molecular weight is 364 g/mol. The molecule has 0 saturated carbocycles. The molecule has 0 N–H and O–H groups in total. The highest BCUT2D eigenvalue weighted by molar-refractivity contribution is 5.78. The number of pyridine rings is 1. The van der Waals surface area contributed by atoms with Crippen molar-refractivity contribution in [3.05, 3.63) is 59.8 Å². The van der Waals surface area contributed by atoms with Gasteiger partial charge >= 0.3 is 0 Å². The highest BCUT2D eigenvalue weighted by Gasteiger charge is 2.27. The molecule has 5 heteroatoms. The summed E-state index contributed by atoms with van der Waals surface area (Å²) in [5.41, 5.74) is 2.84. The van der Waals surface area contributed by atoms with Crippen molar-refractivity contribution < 1.29 is 4.79 Å². The minimum atomic E-state index is 0.237. The molecule has 2 heterocycles. The van der Waals surface area contributed by atoms with E-state index in [4.69, 9.17) is 0 Å². The Labute approximate surface area is 161 Å². The molecule has 0 unspecified atom stereocenters. The van der Waals surface area contributed by atoms with Gasteiger partial charge in [-0.05, 0) is 49.6 Å². The van der Waals surface area contributed by atoms with Gasteiger partial charge in [-0.15, -0.1) is 0 Å². The Kier molecular flexibility index (Phi) is 5.39. The molecule has 0 radical (unpaired) electrons. The van der Waals surface area contributed by atoms with Crippen molar-refractivity contribution in [2.75, 3.05) is 44.7 Å². The minimum Gasteiger partial charge on any atom is -0.353 e. The maximum Gasteiger partial charge on any atom is 0.236 e. The topological polar surface area (TPSA) is 39.7 Å². The van der Waals surface area contributed by atoms with Crippen LogP contribution in [-0.2, 0) is 11.2 Å². The number of aryl methyl sites for hydroxylation is 1. The monoisotopic (exact) mass is 364 g/mol. The van der Waals surface area contributed by atoms with Crippen LogP contribution in [0.15, 0.2) is 48.7 Å². The van der Waals surface area contributed by atoms with Crippen LogP contribution in [-0.4, -0.2) is 60.5 Å². The lowest BCUT2D eigenvalue weighted by molar-refractivity contribution is -0.133. The number of hydrogen-bond donors (Lipinski definition) is 0. The predicted octanol–water partition coefficient (Wildman–Crippen LogP) is 2.74. The van der Waals surface area contributed by atoms with E-state index in [0.29, 0.717) is 12.6 Å². The first kappa shape index (κ1) is 18.0. The van der Waals surface area contributed by atoms with E-state index in [1.807, 2.05) is 29.3 Å². The lowest BCUT2D eigenvalue weighted by atomic mass is 9.87. The first-order chi connectivity index (χ1) is 13.2. The van der Waals surface area contributed by atoms with Crippen molar-refractivity contribution in [3.63, 3.8) is 0 Å². The summed E-state index contributed by atoms with van der Waals surface area (Å²) in [4.78, 5) is 23.8. The summed E-state index contributed by atoms with van der Waals surface area (Å²) < 4.78 is 0. The number of aromatic nitrogens is 1. The molecular formula is C22H28N4O. The van der Waals surface area contributed by atoms with Gasteiger partial charge in [0, 0.05) is 38.4 Å². The quantitative estimate of drug-likeness (QED) is 0.836. The standard InChI is InChI=1S/C22H28N4O/c1-24(20-10-6-8-18-7-2-3-9-19(18)20)17-22(27)26-15-13-25(14-16-26)21-11-4-5-12-23-21/h2-5,7,9,11-12,20H,6,8,10,13-17H2,1H3/t20-/m0/s1. The number of rotatable bonds is 4. The maximum absolute atomic E-state index is 12.9. The van der Waals surface area contributed by atoms with Gasteiger partial charge in [-0.2, -0.15) is 0 Å².